The largest absolute Gasteiger partial charge is 0.478 e. The number of carboxylic acid groups (broad SMARTS) is 1. The molecule has 0 aliphatic heterocycles. The molecule has 0 spiro atoms. The van der Waals surface area contributed by atoms with E-state index in [1.54, 1.807) is 6.92 Å². The van der Waals surface area contributed by atoms with Crippen molar-refractivity contribution in [2.45, 2.75) is 18.4 Å². The summed E-state index contributed by atoms with van der Waals surface area (Å²) in [4.78, 5) is 10.7. The Hall–Kier alpha value is -1.85. The molecule has 1 rings (SSSR count). The average Bonchev–Trinajstić information content (AvgIpc) is 2.74. The van der Waals surface area contributed by atoms with E-state index in [9.17, 15) is 13.2 Å². The highest BCUT2D eigenvalue weighted by Crippen LogP contribution is 2.11. The maximum Gasteiger partial charge on any atom is 0.340 e. The monoisotopic (exact) mass is 257 g/mol. The van der Waals surface area contributed by atoms with Crippen molar-refractivity contribution in [1.82, 2.24) is 14.9 Å². The van der Waals surface area contributed by atoms with Crippen molar-refractivity contribution in [3.8, 4) is 11.8 Å². The zero-order valence-electron chi connectivity index (χ0n) is 9.02. The van der Waals surface area contributed by atoms with Gasteiger partial charge >= 0.3 is 5.97 Å². The molecule has 0 unspecified atom stereocenters. The van der Waals surface area contributed by atoms with E-state index in [0.29, 0.717) is 6.42 Å². The van der Waals surface area contributed by atoms with Gasteiger partial charge in [0.2, 0.25) is 0 Å². The van der Waals surface area contributed by atoms with Gasteiger partial charge in [0, 0.05) is 13.0 Å². The van der Waals surface area contributed by atoms with E-state index in [2.05, 4.69) is 26.8 Å². The number of carboxylic acids is 1. The number of aromatic nitrogens is 2. The van der Waals surface area contributed by atoms with E-state index in [1.165, 1.54) is 0 Å². The van der Waals surface area contributed by atoms with Crippen LogP contribution in [-0.4, -0.2) is 36.2 Å². The first kappa shape index (κ1) is 13.2. The minimum atomic E-state index is -3.89. The molecule has 8 heteroatoms. The lowest BCUT2D eigenvalue weighted by Gasteiger charge is -2.03. The standard InChI is InChI=1S/C9H11N3O4S/c1-2-3-4-5-11-17(15,16)8-7(9(13)14)6-10-12-8/h6,11H,4-5H2,1H3,(H,10,12)(H,13,14). The summed E-state index contributed by atoms with van der Waals surface area (Å²) in [5.74, 6) is 3.95. The summed E-state index contributed by atoms with van der Waals surface area (Å²) in [6.45, 7) is 1.76. The van der Waals surface area contributed by atoms with Crippen LogP contribution in [0.15, 0.2) is 11.2 Å². The molecule has 0 saturated carbocycles. The average molecular weight is 257 g/mol. The van der Waals surface area contributed by atoms with Crippen LogP contribution >= 0.6 is 0 Å². The molecule has 0 aliphatic rings. The van der Waals surface area contributed by atoms with Crippen LogP contribution in [0, 0.1) is 11.8 Å². The Bertz CT molecular complexity index is 565. The first-order valence-electron chi connectivity index (χ1n) is 4.65. The Labute approximate surface area is 98.3 Å². The number of carbonyl (C=O) groups is 1. The molecular formula is C9H11N3O4S. The second-order valence-electron chi connectivity index (χ2n) is 2.99. The summed E-state index contributed by atoms with van der Waals surface area (Å²) >= 11 is 0. The van der Waals surface area contributed by atoms with Gasteiger partial charge in [0.25, 0.3) is 10.0 Å². The van der Waals surface area contributed by atoms with E-state index in [1.807, 2.05) is 0 Å². The van der Waals surface area contributed by atoms with Gasteiger partial charge in [-0.05, 0) is 6.92 Å². The van der Waals surface area contributed by atoms with Crippen LogP contribution in [0.1, 0.15) is 23.7 Å². The lowest BCUT2D eigenvalue weighted by Crippen LogP contribution is -2.26. The number of hydrogen-bond acceptors (Lipinski definition) is 4. The van der Waals surface area contributed by atoms with Gasteiger partial charge in [-0.15, -0.1) is 11.8 Å². The third-order valence-corrected chi connectivity index (χ3v) is 3.26. The Morgan fingerprint density at radius 2 is 2.35 bits per heavy atom. The number of rotatable bonds is 5. The quantitative estimate of drug-likeness (QED) is 0.499. The fourth-order valence-corrected chi connectivity index (χ4v) is 2.19. The summed E-state index contributed by atoms with van der Waals surface area (Å²) in [6.07, 6.45) is 1.30. The van der Waals surface area contributed by atoms with Gasteiger partial charge in [-0.2, -0.15) is 5.10 Å². The zero-order chi connectivity index (χ0) is 12.9. The molecule has 0 aliphatic carbocycles. The topological polar surface area (TPSA) is 112 Å². The summed E-state index contributed by atoms with van der Waals surface area (Å²) in [7, 11) is -3.89. The molecule has 0 aromatic carbocycles. The molecule has 0 atom stereocenters. The highest BCUT2D eigenvalue weighted by molar-refractivity contribution is 7.89. The van der Waals surface area contributed by atoms with Crippen LogP contribution in [0.3, 0.4) is 0 Å². The van der Waals surface area contributed by atoms with Crippen molar-refractivity contribution in [1.29, 1.82) is 0 Å². The smallest absolute Gasteiger partial charge is 0.340 e. The zero-order valence-corrected chi connectivity index (χ0v) is 9.84. The van der Waals surface area contributed by atoms with Gasteiger partial charge in [0.05, 0.1) is 6.20 Å². The second kappa shape index (κ2) is 5.47. The first-order chi connectivity index (χ1) is 7.99. The Morgan fingerprint density at radius 1 is 1.65 bits per heavy atom. The van der Waals surface area contributed by atoms with Crippen molar-refractivity contribution in [3.63, 3.8) is 0 Å². The Balaban J connectivity index is 2.85. The van der Waals surface area contributed by atoms with Gasteiger partial charge in [0.1, 0.15) is 5.56 Å². The molecule has 0 bridgehead atoms. The molecule has 3 N–H and O–H groups in total. The first-order valence-corrected chi connectivity index (χ1v) is 6.13. The van der Waals surface area contributed by atoms with E-state index >= 15 is 0 Å². The number of aromatic amines is 1. The third kappa shape index (κ3) is 3.30. The van der Waals surface area contributed by atoms with Gasteiger partial charge in [-0.3, -0.25) is 5.10 Å². The van der Waals surface area contributed by atoms with Crippen LogP contribution in [-0.2, 0) is 10.0 Å². The fraction of sp³-hybridized carbons (Fsp3) is 0.333. The highest BCUT2D eigenvalue weighted by atomic mass is 32.2. The van der Waals surface area contributed by atoms with Crippen molar-refractivity contribution in [2.24, 2.45) is 0 Å². The second-order valence-corrected chi connectivity index (χ2v) is 4.70. The number of aromatic carboxylic acids is 1. The minimum Gasteiger partial charge on any atom is -0.478 e. The lowest BCUT2D eigenvalue weighted by molar-refractivity contribution is 0.0692. The number of nitrogens with one attached hydrogen (secondary N) is 2. The summed E-state index contributed by atoms with van der Waals surface area (Å²) < 4.78 is 25.6. The molecule has 1 aromatic heterocycles. The number of nitrogens with zero attached hydrogens (tertiary/aromatic N) is 1. The molecule has 0 radical (unpaired) electrons. The lowest BCUT2D eigenvalue weighted by atomic mass is 10.4. The van der Waals surface area contributed by atoms with Crippen LogP contribution in [0.4, 0.5) is 0 Å². The molecule has 7 nitrogen and oxygen atoms in total. The van der Waals surface area contributed by atoms with Crippen LogP contribution in [0.2, 0.25) is 0 Å². The van der Waals surface area contributed by atoms with Crippen LogP contribution in [0.5, 0.6) is 0 Å². The van der Waals surface area contributed by atoms with E-state index < -0.39 is 21.0 Å². The van der Waals surface area contributed by atoms with Crippen LogP contribution < -0.4 is 4.72 Å². The fourth-order valence-electron chi connectivity index (χ4n) is 1.08. The Morgan fingerprint density at radius 3 is 2.94 bits per heavy atom. The molecule has 1 aromatic rings. The molecule has 0 amide bonds. The predicted octanol–water partition coefficient (Wildman–Crippen LogP) is -0.200. The van der Waals surface area contributed by atoms with Crippen molar-refractivity contribution >= 4 is 16.0 Å². The molecule has 0 saturated heterocycles. The number of H-pyrrole nitrogens is 1. The molecule has 17 heavy (non-hydrogen) atoms. The Kier molecular flexibility index (Phi) is 4.25. The minimum absolute atomic E-state index is 0.112. The normalized spacial score (nSPS) is 10.6. The van der Waals surface area contributed by atoms with E-state index in [4.69, 9.17) is 5.11 Å². The predicted molar refractivity (Wildman–Crippen MR) is 58.8 cm³/mol. The summed E-state index contributed by atoms with van der Waals surface area (Å²) in [5, 5.41) is 13.9. The maximum absolute atomic E-state index is 11.7. The third-order valence-electron chi connectivity index (χ3n) is 1.82. The number of sulfonamides is 1. The SMILES string of the molecule is CC#CCCNS(=O)(=O)c1[nH]ncc1C(=O)O. The van der Waals surface area contributed by atoms with Crippen molar-refractivity contribution in [3.05, 3.63) is 11.8 Å². The van der Waals surface area contributed by atoms with Gasteiger partial charge < -0.3 is 5.11 Å². The van der Waals surface area contributed by atoms with Crippen molar-refractivity contribution in [2.75, 3.05) is 6.54 Å². The van der Waals surface area contributed by atoms with Gasteiger partial charge in [-0.25, -0.2) is 17.9 Å². The van der Waals surface area contributed by atoms with E-state index in [-0.39, 0.29) is 12.1 Å². The van der Waals surface area contributed by atoms with Gasteiger partial charge in [0.15, 0.2) is 5.03 Å². The van der Waals surface area contributed by atoms with E-state index in [0.717, 1.165) is 6.20 Å². The molecule has 0 fully saturated rings. The number of hydrogen-bond donors (Lipinski definition) is 3. The maximum atomic E-state index is 11.7. The molecule has 1 heterocycles. The summed E-state index contributed by atoms with van der Waals surface area (Å²) in [6, 6.07) is 0. The van der Waals surface area contributed by atoms with Gasteiger partial charge in [-0.1, -0.05) is 0 Å². The van der Waals surface area contributed by atoms with Crippen molar-refractivity contribution < 1.29 is 18.3 Å². The van der Waals surface area contributed by atoms with Crippen LogP contribution in [0.25, 0.3) is 0 Å². The molecular weight excluding hydrogens is 246 g/mol. The summed E-state index contributed by atoms with van der Waals surface area (Å²) in [5.41, 5.74) is -0.390. The highest BCUT2D eigenvalue weighted by Gasteiger charge is 2.23. The molecule has 92 valence electrons.